The predicted molar refractivity (Wildman–Crippen MR) is 108 cm³/mol. The number of pyridine rings is 1. The Bertz CT molecular complexity index is 770. The summed E-state index contributed by atoms with van der Waals surface area (Å²) in [5, 5.41) is 3.78. The maximum Gasteiger partial charge on any atom is 0.263 e. The molecular formula is C19H25N5O3S. The van der Waals surface area contributed by atoms with E-state index >= 15 is 0 Å². The molecule has 0 unspecified atom stereocenters. The number of nitrogens with one attached hydrogen (secondary N) is 1. The number of morpholine rings is 2. The van der Waals surface area contributed by atoms with Crippen molar-refractivity contribution < 1.29 is 14.3 Å². The fraction of sp³-hybridized carbons (Fsp3) is 0.526. The lowest BCUT2D eigenvalue weighted by Crippen LogP contribution is -2.41. The number of rotatable bonds is 6. The zero-order valence-corrected chi connectivity index (χ0v) is 16.6. The first kappa shape index (κ1) is 19.3. The molecule has 0 bridgehead atoms. The average Bonchev–Trinajstić information content (AvgIpc) is 3.26. The van der Waals surface area contributed by atoms with Crippen LogP contribution in [0.2, 0.25) is 0 Å². The highest BCUT2D eigenvalue weighted by Gasteiger charge is 2.15. The number of anilines is 1. The Hall–Kier alpha value is -2.07. The van der Waals surface area contributed by atoms with Crippen molar-refractivity contribution in [2.75, 3.05) is 70.6 Å². The Morgan fingerprint density at radius 3 is 2.50 bits per heavy atom. The molecule has 4 rings (SSSR count). The van der Waals surface area contributed by atoms with Crippen molar-refractivity contribution in [1.29, 1.82) is 0 Å². The predicted octanol–water partition coefficient (Wildman–Crippen LogP) is 1.10. The molecule has 0 spiro atoms. The van der Waals surface area contributed by atoms with E-state index < -0.39 is 0 Å². The molecule has 0 aromatic carbocycles. The van der Waals surface area contributed by atoms with E-state index in [4.69, 9.17) is 9.47 Å². The molecule has 0 atom stereocenters. The number of amides is 1. The second kappa shape index (κ2) is 9.42. The van der Waals surface area contributed by atoms with Gasteiger partial charge in [-0.2, -0.15) is 0 Å². The minimum atomic E-state index is -0.0742. The van der Waals surface area contributed by atoms with E-state index in [1.54, 1.807) is 6.20 Å². The summed E-state index contributed by atoms with van der Waals surface area (Å²) < 4.78 is 10.7. The first-order chi connectivity index (χ1) is 13.8. The standard InChI is InChI=1S/C19H25N5O3S/c25-18(20-3-4-23-5-9-26-10-6-23)16-14-22-19(28-16)15-1-2-17(21-13-15)24-7-11-27-12-8-24/h1-2,13-14H,3-12H2,(H,20,25). The van der Waals surface area contributed by atoms with Crippen LogP contribution in [0.15, 0.2) is 24.5 Å². The van der Waals surface area contributed by atoms with E-state index in [-0.39, 0.29) is 5.91 Å². The van der Waals surface area contributed by atoms with Gasteiger partial charge in [-0.25, -0.2) is 9.97 Å². The summed E-state index contributed by atoms with van der Waals surface area (Å²) in [5.74, 6) is 0.875. The first-order valence-electron chi connectivity index (χ1n) is 9.63. The van der Waals surface area contributed by atoms with Gasteiger partial charge in [0.05, 0.1) is 32.6 Å². The van der Waals surface area contributed by atoms with Gasteiger partial charge in [-0.05, 0) is 12.1 Å². The van der Waals surface area contributed by atoms with Crippen molar-refractivity contribution in [2.45, 2.75) is 0 Å². The van der Waals surface area contributed by atoms with Crippen LogP contribution in [0.5, 0.6) is 0 Å². The number of carbonyl (C=O) groups excluding carboxylic acids is 1. The van der Waals surface area contributed by atoms with E-state index in [2.05, 4.69) is 25.1 Å². The van der Waals surface area contributed by atoms with Gasteiger partial charge in [-0.1, -0.05) is 0 Å². The molecule has 8 nitrogen and oxygen atoms in total. The number of thiazole rings is 1. The summed E-state index contributed by atoms with van der Waals surface area (Å²) in [7, 11) is 0. The number of aromatic nitrogens is 2. The van der Waals surface area contributed by atoms with E-state index in [1.807, 2.05) is 18.3 Å². The topological polar surface area (TPSA) is 79.8 Å². The van der Waals surface area contributed by atoms with Gasteiger partial charge in [0.25, 0.3) is 5.91 Å². The average molecular weight is 404 g/mol. The molecule has 2 aromatic heterocycles. The quantitative estimate of drug-likeness (QED) is 0.774. The highest BCUT2D eigenvalue weighted by atomic mass is 32.1. The van der Waals surface area contributed by atoms with E-state index in [0.717, 1.165) is 75.5 Å². The summed E-state index contributed by atoms with van der Waals surface area (Å²) >= 11 is 1.39. The Morgan fingerprint density at radius 2 is 1.79 bits per heavy atom. The van der Waals surface area contributed by atoms with Crippen LogP contribution in [0.3, 0.4) is 0 Å². The number of hydrogen-bond acceptors (Lipinski definition) is 8. The molecule has 0 aliphatic carbocycles. The minimum Gasteiger partial charge on any atom is -0.379 e. The summed E-state index contributed by atoms with van der Waals surface area (Å²) in [6.07, 6.45) is 3.46. The van der Waals surface area contributed by atoms with Crippen LogP contribution in [0.4, 0.5) is 5.82 Å². The van der Waals surface area contributed by atoms with Crippen molar-refractivity contribution in [1.82, 2.24) is 20.2 Å². The largest absolute Gasteiger partial charge is 0.379 e. The molecule has 2 aliphatic heterocycles. The molecular weight excluding hydrogens is 378 g/mol. The lowest BCUT2D eigenvalue weighted by atomic mass is 10.3. The first-order valence-corrected chi connectivity index (χ1v) is 10.4. The smallest absolute Gasteiger partial charge is 0.263 e. The SMILES string of the molecule is O=C(NCCN1CCOCC1)c1cnc(-c2ccc(N3CCOCC3)nc2)s1. The molecule has 2 aliphatic rings. The number of ether oxygens (including phenoxy) is 2. The molecule has 9 heteroatoms. The Morgan fingerprint density at radius 1 is 1.04 bits per heavy atom. The molecule has 0 radical (unpaired) electrons. The maximum absolute atomic E-state index is 12.4. The highest BCUT2D eigenvalue weighted by molar-refractivity contribution is 7.16. The minimum absolute atomic E-state index is 0.0742. The second-order valence-electron chi connectivity index (χ2n) is 6.74. The van der Waals surface area contributed by atoms with Crippen LogP contribution >= 0.6 is 11.3 Å². The lowest BCUT2D eigenvalue weighted by Gasteiger charge is -2.27. The molecule has 0 saturated carbocycles. The summed E-state index contributed by atoms with van der Waals surface area (Å²) in [6.45, 7) is 8.04. The van der Waals surface area contributed by atoms with Crippen LogP contribution < -0.4 is 10.2 Å². The zero-order chi connectivity index (χ0) is 19.2. The van der Waals surface area contributed by atoms with Gasteiger partial charge < -0.3 is 19.7 Å². The molecule has 4 heterocycles. The molecule has 28 heavy (non-hydrogen) atoms. The van der Waals surface area contributed by atoms with Gasteiger partial charge in [-0.15, -0.1) is 11.3 Å². The fourth-order valence-corrected chi connectivity index (χ4v) is 4.07. The van der Waals surface area contributed by atoms with Gasteiger partial charge in [0.15, 0.2) is 0 Å². The molecule has 2 saturated heterocycles. The second-order valence-corrected chi connectivity index (χ2v) is 7.77. The monoisotopic (exact) mass is 403 g/mol. The Kier molecular flexibility index (Phi) is 6.48. The maximum atomic E-state index is 12.4. The summed E-state index contributed by atoms with van der Waals surface area (Å²) in [5.41, 5.74) is 0.925. The van der Waals surface area contributed by atoms with Crippen LogP contribution in [-0.4, -0.2) is 86.5 Å². The van der Waals surface area contributed by atoms with Crippen LogP contribution in [0.1, 0.15) is 9.67 Å². The summed E-state index contributed by atoms with van der Waals surface area (Å²) in [4.78, 5) is 26.5. The third-order valence-electron chi connectivity index (χ3n) is 4.88. The summed E-state index contributed by atoms with van der Waals surface area (Å²) in [6, 6.07) is 4.01. The Labute approximate surface area is 168 Å². The van der Waals surface area contributed by atoms with Crippen molar-refractivity contribution >= 4 is 23.1 Å². The van der Waals surface area contributed by atoms with E-state index in [1.165, 1.54) is 11.3 Å². The fourth-order valence-electron chi connectivity index (χ4n) is 3.24. The molecule has 2 fully saturated rings. The normalized spacial score (nSPS) is 18.2. The highest BCUT2D eigenvalue weighted by Crippen LogP contribution is 2.26. The third-order valence-corrected chi connectivity index (χ3v) is 5.92. The molecule has 2 aromatic rings. The van der Waals surface area contributed by atoms with Crippen molar-refractivity contribution in [3.8, 4) is 10.6 Å². The number of carbonyl (C=O) groups is 1. The van der Waals surface area contributed by atoms with Gasteiger partial charge in [0.2, 0.25) is 0 Å². The molecule has 1 amide bonds. The molecule has 150 valence electrons. The van der Waals surface area contributed by atoms with Crippen LogP contribution in [-0.2, 0) is 9.47 Å². The van der Waals surface area contributed by atoms with E-state index in [0.29, 0.717) is 11.4 Å². The third kappa shape index (κ3) is 4.85. The van der Waals surface area contributed by atoms with Gasteiger partial charge >= 0.3 is 0 Å². The zero-order valence-electron chi connectivity index (χ0n) is 15.8. The van der Waals surface area contributed by atoms with Crippen molar-refractivity contribution in [3.63, 3.8) is 0 Å². The van der Waals surface area contributed by atoms with Gasteiger partial charge in [-0.3, -0.25) is 9.69 Å². The Balaban J connectivity index is 1.31. The van der Waals surface area contributed by atoms with Crippen molar-refractivity contribution in [3.05, 3.63) is 29.4 Å². The number of hydrogen-bond donors (Lipinski definition) is 1. The van der Waals surface area contributed by atoms with Gasteiger partial charge in [0, 0.05) is 51.0 Å². The van der Waals surface area contributed by atoms with Gasteiger partial charge in [0.1, 0.15) is 15.7 Å². The molecule has 1 N–H and O–H groups in total. The number of nitrogens with zero attached hydrogens (tertiary/aromatic N) is 4. The van der Waals surface area contributed by atoms with Crippen LogP contribution in [0, 0.1) is 0 Å². The van der Waals surface area contributed by atoms with Crippen molar-refractivity contribution in [2.24, 2.45) is 0 Å². The lowest BCUT2D eigenvalue weighted by molar-refractivity contribution is 0.0383. The van der Waals surface area contributed by atoms with E-state index in [9.17, 15) is 4.79 Å². The van der Waals surface area contributed by atoms with Crippen LogP contribution in [0.25, 0.3) is 10.6 Å².